The van der Waals surface area contributed by atoms with Crippen LogP contribution in [0, 0.1) is 0 Å². The Morgan fingerprint density at radius 2 is 1.95 bits per heavy atom. The lowest BCUT2D eigenvalue weighted by molar-refractivity contribution is 0.0946. The lowest BCUT2D eigenvalue weighted by Gasteiger charge is -2.15. The second kappa shape index (κ2) is 7.17. The molecule has 0 spiro atoms. The van der Waals surface area contributed by atoms with E-state index in [1.807, 2.05) is 30.1 Å². The number of carbonyl (C=O) groups is 1. The summed E-state index contributed by atoms with van der Waals surface area (Å²) in [5, 5.41) is 0.644. The first kappa shape index (κ1) is 14.7. The van der Waals surface area contributed by atoms with Gasteiger partial charge in [-0.15, -0.1) is 0 Å². The first-order valence-electron chi connectivity index (χ1n) is 6.52. The second-order valence-corrected chi connectivity index (χ2v) is 5.18. The zero-order chi connectivity index (χ0) is 14.4. The van der Waals surface area contributed by atoms with Gasteiger partial charge in [-0.1, -0.05) is 17.7 Å². The van der Waals surface area contributed by atoms with Gasteiger partial charge in [-0.3, -0.25) is 14.7 Å². The number of likely N-dealkylation sites (N-methyl/N-ethyl adjacent to an activating group) is 1. The third kappa shape index (κ3) is 4.44. The summed E-state index contributed by atoms with van der Waals surface area (Å²) in [4.78, 5) is 18.4. The molecular formula is C16H17ClN2O. The van der Waals surface area contributed by atoms with Crippen molar-refractivity contribution in [2.75, 3.05) is 20.1 Å². The Labute approximate surface area is 124 Å². The Morgan fingerprint density at radius 1 is 1.20 bits per heavy atom. The number of nitrogens with zero attached hydrogens (tertiary/aromatic N) is 2. The number of hydrogen-bond acceptors (Lipinski definition) is 3. The normalized spacial score (nSPS) is 10.8. The van der Waals surface area contributed by atoms with E-state index in [0.717, 1.165) is 18.7 Å². The quantitative estimate of drug-likeness (QED) is 0.766. The van der Waals surface area contributed by atoms with E-state index in [0.29, 0.717) is 17.1 Å². The van der Waals surface area contributed by atoms with Crippen molar-refractivity contribution in [2.45, 2.75) is 6.42 Å². The van der Waals surface area contributed by atoms with Crippen LogP contribution < -0.4 is 0 Å². The standard InChI is InChI=1S/C16H17ClN2O/c1-19(11-9-15-4-2-3-10-18-15)12-16(20)13-5-7-14(17)8-6-13/h2-8,10H,9,11-12H2,1H3. The molecule has 0 radical (unpaired) electrons. The molecule has 2 aromatic rings. The molecule has 1 aromatic heterocycles. The third-order valence-electron chi connectivity index (χ3n) is 3.06. The Morgan fingerprint density at radius 3 is 2.60 bits per heavy atom. The summed E-state index contributed by atoms with van der Waals surface area (Å²) >= 11 is 5.81. The van der Waals surface area contributed by atoms with Gasteiger partial charge in [0, 0.05) is 35.4 Å². The smallest absolute Gasteiger partial charge is 0.176 e. The first-order chi connectivity index (χ1) is 9.65. The number of pyridine rings is 1. The summed E-state index contributed by atoms with van der Waals surface area (Å²) in [6.45, 7) is 1.20. The summed E-state index contributed by atoms with van der Waals surface area (Å²) in [5.41, 5.74) is 1.73. The number of benzene rings is 1. The average Bonchev–Trinajstić information content (AvgIpc) is 2.47. The second-order valence-electron chi connectivity index (χ2n) is 4.74. The molecule has 1 heterocycles. The summed E-state index contributed by atoms with van der Waals surface area (Å²) < 4.78 is 0. The van der Waals surface area contributed by atoms with Crippen molar-refractivity contribution in [2.24, 2.45) is 0 Å². The summed E-state index contributed by atoms with van der Waals surface area (Å²) in [7, 11) is 1.94. The van der Waals surface area contributed by atoms with Crippen molar-refractivity contribution in [3.05, 3.63) is 64.9 Å². The minimum atomic E-state index is 0.102. The van der Waals surface area contributed by atoms with E-state index in [-0.39, 0.29) is 5.78 Å². The Balaban J connectivity index is 1.83. The molecule has 0 saturated carbocycles. The molecule has 0 bridgehead atoms. The molecule has 20 heavy (non-hydrogen) atoms. The predicted molar refractivity (Wildman–Crippen MR) is 81.2 cm³/mol. The van der Waals surface area contributed by atoms with Crippen LogP contribution in [-0.2, 0) is 6.42 Å². The van der Waals surface area contributed by atoms with Crippen molar-refractivity contribution in [3.63, 3.8) is 0 Å². The zero-order valence-corrected chi connectivity index (χ0v) is 12.2. The van der Waals surface area contributed by atoms with Gasteiger partial charge < -0.3 is 0 Å². The van der Waals surface area contributed by atoms with Crippen LogP contribution in [-0.4, -0.2) is 35.8 Å². The van der Waals surface area contributed by atoms with Gasteiger partial charge in [0.25, 0.3) is 0 Å². The van der Waals surface area contributed by atoms with E-state index < -0.39 is 0 Å². The van der Waals surface area contributed by atoms with Gasteiger partial charge in [0.05, 0.1) is 6.54 Å². The fourth-order valence-electron chi connectivity index (χ4n) is 1.90. The van der Waals surface area contributed by atoms with Gasteiger partial charge in [0.15, 0.2) is 5.78 Å². The highest BCUT2D eigenvalue weighted by atomic mass is 35.5. The maximum Gasteiger partial charge on any atom is 0.176 e. The zero-order valence-electron chi connectivity index (χ0n) is 11.4. The molecule has 4 heteroatoms. The largest absolute Gasteiger partial charge is 0.299 e. The van der Waals surface area contributed by atoms with Crippen LogP contribution >= 0.6 is 11.6 Å². The molecule has 0 aliphatic rings. The highest BCUT2D eigenvalue weighted by Crippen LogP contribution is 2.10. The molecule has 2 rings (SSSR count). The number of carbonyl (C=O) groups excluding carboxylic acids is 1. The van der Waals surface area contributed by atoms with Crippen LogP contribution in [0.5, 0.6) is 0 Å². The van der Waals surface area contributed by atoms with Crippen molar-refractivity contribution >= 4 is 17.4 Å². The number of aromatic nitrogens is 1. The van der Waals surface area contributed by atoms with Crippen LogP contribution in [0.4, 0.5) is 0 Å². The fourth-order valence-corrected chi connectivity index (χ4v) is 2.03. The van der Waals surface area contributed by atoms with E-state index in [2.05, 4.69) is 4.98 Å². The van der Waals surface area contributed by atoms with Gasteiger partial charge in [-0.05, 0) is 43.4 Å². The van der Waals surface area contributed by atoms with Gasteiger partial charge in [-0.25, -0.2) is 0 Å². The molecule has 0 saturated heterocycles. The monoisotopic (exact) mass is 288 g/mol. The number of ketones is 1. The van der Waals surface area contributed by atoms with E-state index in [1.54, 1.807) is 30.5 Å². The van der Waals surface area contributed by atoms with E-state index in [4.69, 9.17) is 11.6 Å². The molecule has 0 N–H and O–H groups in total. The minimum Gasteiger partial charge on any atom is -0.299 e. The molecule has 0 fully saturated rings. The third-order valence-corrected chi connectivity index (χ3v) is 3.31. The lowest BCUT2D eigenvalue weighted by atomic mass is 10.1. The van der Waals surface area contributed by atoms with Crippen molar-refractivity contribution in [1.82, 2.24) is 9.88 Å². The van der Waals surface area contributed by atoms with Gasteiger partial charge in [-0.2, -0.15) is 0 Å². The molecule has 0 atom stereocenters. The van der Waals surface area contributed by atoms with E-state index >= 15 is 0 Å². The molecule has 3 nitrogen and oxygen atoms in total. The Hall–Kier alpha value is -1.71. The topological polar surface area (TPSA) is 33.2 Å². The predicted octanol–water partition coefficient (Wildman–Crippen LogP) is 3.09. The number of rotatable bonds is 6. The molecule has 0 aliphatic heterocycles. The van der Waals surface area contributed by atoms with Crippen molar-refractivity contribution in [1.29, 1.82) is 0 Å². The molecule has 104 valence electrons. The van der Waals surface area contributed by atoms with Crippen LogP contribution in [0.3, 0.4) is 0 Å². The van der Waals surface area contributed by atoms with Crippen LogP contribution in [0.2, 0.25) is 5.02 Å². The van der Waals surface area contributed by atoms with E-state index in [9.17, 15) is 4.79 Å². The minimum absolute atomic E-state index is 0.102. The van der Waals surface area contributed by atoms with Crippen LogP contribution in [0.1, 0.15) is 16.1 Å². The van der Waals surface area contributed by atoms with Gasteiger partial charge in [0.1, 0.15) is 0 Å². The SMILES string of the molecule is CN(CCc1ccccn1)CC(=O)c1ccc(Cl)cc1. The first-order valence-corrected chi connectivity index (χ1v) is 6.90. The highest BCUT2D eigenvalue weighted by molar-refractivity contribution is 6.30. The molecule has 1 aromatic carbocycles. The molecular weight excluding hydrogens is 272 g/mol. The fraction of sp³-hybridized carbons (Fsp3) is 0.250. The molecule has 0 aliphatic carbocycles. The lowest BCUT2D eigenvalue weighted by Crippen LogP contribution is -2.28. The Bertz CT molecular complexity index is 554. The van der Waals surface area contributed by atoms with E-state index in [1.165, 1.54) is 0 Å². The molecule has 0 amide bonds. The van der Waals surface area contributed by atoms with Crippen molar-refractivity contribution in [3.8, 4) is 0 Å². The molecule has 0 unspecified atom stereocenters. The van der Waals surface area contributed by atoms with Gasteiger partial charge in [0.2, 0.25) is 0 Å². The summed E-state index contributed by atoms with van der Waals surface area (Å²) in [5.74, 6) is 0.102. The van der Waals surface area contributed by atoms with Crippen LogP contribution in [0.15, 0.2) is 48.7 Å². The van der Waals surface area contributed by atoms with Crippen molar-refractivity contribution < 1.29 is 4.79 Å². The average molecular weight is 289 g/mol. The highest BCUT2D eigenvalue weighted by Gasteiger charge is 2.09. The van der Waals surface area contributed by atoms with Crippen LogP contribution in [0.25, 0.3) is 0 Å². The number of Topliss-reactive ketones (excluding diaryl/α,β-unsaturated/α-hetero) is 1. The maximum atomic E-state index is 12.1. The van der Waals surface area contributed by atoms with Gasteiger partial charge >= 0.3 is 0 Å². The Kier molecular flexibility index (Phi) is 5.27. The maximum absolute atomic E-state index is 12.1. The summed E-state index contributed by atoms with van der Waals surface area (Å²) in [6, 6.07) is 12.9. The number of halogens is 1. The summed E-state index contributed by atoms with van der Waals surface area (Å²) in [6.07, 6.45) is 2.62. The number of hydrogen-bond donors (Lipinski definition) is 0.